The van der Waals surface area contributed by atoms with E-state index >= 15 is 0 Å². The third-order valence-electron chi connectivity index (χ3n) is 3.83. The van der Waals surface area contributed by atoms with Crippen LogP contribution in [-0.4, -0.2) is 10.9 Å². The number of nitrogens with one attached hydrogen (secondary N) is 1. The molecule has 5 nitrogen and oxygen atoms in total. The Balaban J connectivity index is 1.80. The molecule has 142 valence electrons. The van der Waals surface area contributed by atoms with Crippen LogP contribution in [0.25, 0.3) is 11.3 Å². The summed E-state index contributed by atoms with van der Waals surface area (Å²) < 4.78 is 52.1. The number of carbonyl (C=O) groups excluding carboxylic acids is 1. The molecule has 1 N–H and O–H groups in total. The molecule has 0 aliphatic carbocycles. The fourth-order valence-corrected chi connectivity index (χ4v) is 2.49. The van der Waals surface area contributed by atoms with Crippen LogP contribution in [-0.2, 0) is 6.18 Å². The molecule has 0 aliphatic heterocycles. The number of nitrogens with zero attached hydrogens (tertiary/aromatic N) is 2. The largest absolute Gasteiger partial charge is 0.418 e. The van der Waals surface area contributed by atoms with E-state index < -0.39 is 29.2 Å². The molecule has 0 bridgehead atoms. The number of nitroso groups, excluding NO2 is 1. The van der Waals surface area contributed by atoms with Gasteiger partial charge in [-0.25, -0.2) is 4.39 Å². The van der Waals surface area contributed by atoms with Crippen LogP contribution in [0.5, 0.6) is 0 Å². The van der Waals surface area contributed by atoms with E-state index in [0.29, 0.717) is 11.8 Å². The van der Waals surface area contributed by atoms with Crippen LogP contribution < -0.4 is 5.32 Å². The van der Waals surface area contributed by atoms with Gasteiger partial charge < -0.3 is 5.32 Å². The van der Waals surface area contributed by atoms with Gasteiger partial charge in [0.15, 0.2) is 0 Å². The van der Waals surface area contributed by atoms with Crippen molar-refractivity contribution >= 4 is 17.3 Å². The van der Waals surface area contributed by atoms with E-state index in [1.54, 1.807) is 18.2 Å². The molecule has 0 saturated heterocycles. The molecule has 0 spiro atoms. The van der Waals surface area contributed by atoms with Crippen LogP contribution in [0.4, 0.5) is 28.9 Å². The van der Waals surface area contributed by atoms with Crippen molar-refractivity contribution in [1.29, 1.82) is 0 Å². The summed E-state index contributed by atoms with van der Waals surface area (Å²) in [6.45, 7) is 0. The first kappa shape index (κ1) is 19.2. The van der Waals surface area contributed by atoms with Gasteiger partial charge in [0.2, 0.25) is 0 Å². The summed E-state index contributed by atoms with van der Waals surface area (Å²) in [4.78, 5) is 27.0. The van der Waals surface area contributed by atoms with Crippen LogP contribution in [0, 0.1) is 10.7 Å². The highest BCUT2D eigenvalue weighted by Crippen LogP contribution is 2.36. The maximum absolute atomic E-state index is 13.8. The van der Waals surface area contributed by atoms with Crippen molar-refractivity contribution in [1.82, 2.24) is 4.98 Å². The summed E-state index contributed by atoms with van der Waals surface area (Å²) in [7, 11) is 0. The van der Waals surface area contributed by atoms with Gasteiger partial charge in [-0.05, 0) is 47.6 Å². The lowest BCUT2D eigenvalue weighted by molar-refractivity contribution is -0.137. The molecule has 1 heterocycles. The molecule has 0 fully saturated rings. The summed E-state index contributed by atoms with van der Waals surface area (Å²) in [5, 5.41) is 4.78. The molecule has 0 saturated carbocycles. The second-order valence-corrected chi connectivity index (χ2v) is 5.69. The zero-order valence-electron chi connectivity index (χ0n) is 14.0. The molecule has 0 unspecified atom stereocenters. The third-order valence-corrected chi connectivity index (χ3v) is 3.83. The van der Waals surface area contributed by atoms with Crippen LogP contribution >= 0.6 is 0 Å². The van der Waals surface area contributed by atoms with E-state index in [1.807, 2.05) is 0 Å². The molecule has 0 atom stereocenters. The van der Waals surface area contributed by atoms with Gasteiger partial charge in [0.05, 0.1) is 23.1 Å². The number of alkyl halides is 3. The average molecular weight is 389 g/mol. The minimum atomic E-state index is -4.76. The van der Waals surface area contributed by atoms with Gasteiger partial charge in [-0.1, -0.05) is 12.1 Å². The second-order valence-electron chi connectivity index (χ2n) is 5.69. The van der Waals surface area contributed by atoms with Crippen molar-refractivity contribution in [2.24, 2.45) is 5.18 Å². The van der Waals surface area contributed by atoms with Gasteiger partial charge in [0.1, 0.15) is 11.5 Å². The summed E-state index contributed by atoms with van der Waals surface area (Å²) in [6, 6.07) is 11.3. The molecule has 28 heavy (non-hydrogen) atoms. The Labute approximate surface area is 156 Å². The number of carbonyl (C=O) groups is 1. The van der Waals surface area contributed by atoms with Crippen molar-refractivity contribution < 1.29 is 22.4 Å². The number of hydrogen-bond acceptors (Lipinski definition) is 4. The first-order valence-corrected chi connectivity index (χ1v) is 7.86. The topological polar surface area (TPSA) is 71.4 Å². The number of rotatable bonds is 4. The fourth-order valence-electron chi connectivity index (χ4n) is 2.49. The van der Waals surface area contributed by atoms with Gasteiger partial charge in [-0.3, -0.25) is 9.78 Å². The lowest BCUT2D eigenvalue weighted by Crippen LogP contribution is -2.13. The minimum absolute atomic E-state index is 0.180. The standard InChI is InChI=1S/C19H11F4N3O2/c20-15-4-2-1-3-13(15)16-8-6-12(10-24-16)25-18(27)11-5-7-14(19(21,22)23)17(9-11)26-28/h1-10H,(H,25,27). The van der Waals surface area contributed by atoms with Gasteiger partial charge in [0.25, 0.3) is 5.91 Å². The van der Waals surface area contributed by atoms with E-state index in [9.17, 15) is 27.3 Å². The monoisotopic (exact) mass is 389 g/mol. The highest BCUT2D eigenvalue weighted by Gasteiger charge is 2.34. The van der Waals surface area contributed by atoms with Gasteiger partial charge in [0, 0.05) is 11.1 Å². The lowest BCUT2D eigenvalue weighted by atomic mass is 10.1. The molecule has 3 aromatic rings. The van der Waals surface area contributed by atoms with Crippen molar-refractivity contribution in [3.63, 3.8) is 0 Å². The van der Waals surface area contributed by atoms with E-state index in [4.69, 9.17) is 0 Å². The maximum atomic E-state index is 13.8. The molecule has 2 aromatic carbocycles. The SMILES string of the molecule is O=Nc1cc(C(=O)Nc2ccc(-c3ccccc3F)nc2)ccc1C(F)(F)F. The smallest absolute Gasteiger partial charge is 0.321 e. The van der Waals surface area contributed by atoms with Gasteiger partial charge >= 0.3 is 6.18 Å². The quantitative estimate of drug-likeness (QED) is 0.469. The number of hydrogen-bond donors (Lipinski definition) is 1. The number of halogens is 4. The van der Waals surface area contributed by atoms with Crippen molar-refractivity contribution in [2.45, 2.75) is 6.18 Å². The first-order chi connectivity index (χ1) is 13.3. The summed E-state index contributed by atoms with van der Waals surface area (Å²) in [5.74, 6) is -1.20. The molecule has 0 aliphatic rings. The Bertz CT molecular complexity index is 1030. The van der Waals surface area contributed by atoms with Crippen molar-refractivity contribution in [3.8, 4) is 11.3 Å². The highest BCUT2D eigenvalue weighted by atomic mass is 19.4. The second kappa shape index (κ2) is 7.55. The van der Waals surface area contributed by atoms with E-state index in [2.05, 4.69) is 15.5 Å². The van der Waals surface area contributed by atoms with E-state index in [-0.39, 0.29) is 16.8 Å². The lowest BCUT2D eigenvalue weighted by Gasteiger charge is -2.10. The third kappa shape index (κ3) is 4.03. The van der Waals surface area contributed by atoms with Crippen molar-refractivity contribution in [2.75, 3.05) is 5.32 Å². The van der Waals surface area contributed by atoms with E-state index in [0.717, 1.165) is 12.1 Å². The Morgan fingerprint density at radius 2 is 1.79 bits per heavy atom. The molecule has 0 radical (unpaired) electrons. The predicted molar refractivity (Wildman–Crippen MR) is 94.5 cm³/mol. The average Bonchev–Trinajstić information content (AvgIpc) is 2.68. The Kier molecular flexibility index (Phi) is 5.16. The zero-order valence-corrected chi connectivity index (χ0v) is 14.0. The van der Waals surface area contributed by atoms with Crippen LogP contribution in [0.1, 0.15) is 15.9 Å². The fraction of sp³-hybridized carbons (Fsp3) is 0.0526. The maximum Gasteiger partial charge on any atom is 0.418 e. The molecule has 1 aromatic heterocycles. The van der Waals surface area contributed by atoms with E-state index in [1.165, 1.54) is 24.4 Å². The number of pyridine rings is 1. The van der Waals surface area contributed by atoms with Crippen LogP contribution in [0.15, 0.2) is 66.0 Å². The molecule has 3 rings (SSSR count). The molecule has 9 heteroatoms. The number of aromatic nitrogens is 1. The van der Waals surface area contributed by atoms with Crippen LogP contribution in [0.2, 0.25) is 0 Å². The first-order valence-electron chi connectivity index (χ1n) is 7.86. The van der Waals surface area contributed by atoms with Gasteiger partial charge in [-0.15, -0.1) is 4.91 Å². The Morgan fingerprint density at radius 3 is 2.39 bits per heavy atom. The number of anilines is 1. The number of benzene rings is 2. The molecular weight excluding hydrogens is 378 g/mol. The van der Waals surface area contributed by atoms with Crippen molar-refractivity contribution in [3.05, 3.63) is 82.6 Å². The Morgan fingerprint density at radius 1 is 1.04 bits per heavy atom. The minimum Gasteiger partial charge on any atom is -0.321 e. The highest BCUT2D eigenvalue weighted by molar-refractivity contribution is 6.04. The summed E-state index contributed by atoms with van der Waals surface area (Å²) in [5.41, 5.74) is -1.42. The summed E-state index contributed by atoms with van der Waals surface area (Å²) >= 11 is 0. The molecule has 1 amide bonds. The van der Waals surface area contributed by atoms with Crippen LogP contribution in [0.3, 0.4) is 0 Å². The number of amides is 1. The Hall–Kier alpha value is -3.62. The normalized spacial score (nSPS) is 11.1. The zero-order chi connectivity index (χ0) is 20.3. The summed E-state index contributed by atoms with van der Waals surface area (Å²) in [6.07, 6.45) is -3.48. The van der Waals surface area contributed by atoms with Gasteiger partial charge in [-0.2, -0.15) is 13.2 Å². The predicted octanol–water partition coefficient (Wildman–Crippen LogP) is 5.56. The molecular formula is C19H11F4N3O2.